The molecular weight excluding hydrogens is 220 g/mol. The van der Waals surface area contributed by atoms with E-state index >= 15 is 0 Å². The van der Waals surface area contributed by atoms with Gasteiger partial charge in [0.25, 0.3) is 0 Å². The number of fused-ring (bicyclic) bond motifs is 1. The van der Waals surface area contributed by atoms with Gasteiger partial charge in [-0.15, -0.1) is 11.3 Å². The number of rotatable bonds is 2. The van der Waals surface area contributed by atoms with Crippen LogP contribution in [0.5, 0.6) is 0 Å². The maximum absolute atomic E-state index is 5.94. The maximum atomic E-state index is 5.94. The number of ether oxygens (including phenoxy) is 1. The summed E-state index contributed by atoms with van der Waals surface area (Å²) in [6, 6.07) is 0.682. The second-order valence-electron chi connectivity index (χ2n) is 4.64. The Kier molecular flexibility index (Phi) is 2.96. The van der Waals surface area contributed by atoms with Crippen LogP contribution in [0.2, 0.25) is 0 Å². The lowest BCUT2D eigenvalue weighted by atomic mass is 10.2. The van der Waals surface area contributed by atoms with Crippen LogP contribution in [-0.4, -0.2) is 35.6 Å². The second-order valence-corrected chi connectivity index (χ2v) is 5.53. The maximum Gasteiger partial charge on any atom is 0.123 e. The number of hydrogen-bond donors (Lipinski definition) is 0. The van der Waals surface area contributed by atoms with Gasteiger partial charge in [0, 0.05) is 18.0 Å². The summed E-state index contributed by atoms with van der Waals surface area (Å²) in [4.78, 5) is 7.20. The Bertz CT molecular complexity index is 366. The number of hydrogen-bond acceptors (Lipinski definition) is 4. The quantitative estimate of drug-likeness (QED) is 0.790. The lowest BCUT2D eigenvalue weighted by Crippen LogP contribution is -2.42. The van der Waals surface area contributed by atoms with E-state index in [1.165, 1.54) is 30.1 Å². The molecule has 0 aromatic carbocycles. The summed E-state index contributed by atoms with van der Waals surface area (Å²) in [5.74, 6) is 0. The van der Waals surface area contributed by atoms with Gasteiger partial charge in [-0.1, -0.05) is 6.92 Å². The molecule has 1 aromatic rings. The Morgan fingerprint density at radius 2 is 2.56 bits per heavy atom. The molecule has 2 aliphatic heterocycles. The fourth-order valence-electron chi connectivity index (χ4n) is 2.60. The van der Waals surface area contributed by atoms with E-state index in [1.807, 2.05) is 0 Å². The van der Waals surface area contributed by atoms with Crippen molar-refractivity contribution < 1.29 is 4.74 Å². The lowest BCUT2D eigenvalue weighted by Gasteiger charge is -2.34. The first-order chi connectivity index (χ1) is 7.86. The first-order valence-corrected chi connectivity index (χ1v) is 7.04. The molecule has 88 valence electrons. The smallest absolute Gasteiger partial charge is 0.123 e. The summed E-state index contributed by atoms with van der Waals surface area (Å²) < 4.78 is 5.94. The number of aromatic nitrogens is 1. The highest BCUT2D eigenvalue weighted by Gasteiger charge is 2.33. The van der Waals surface area contributed by atoms with Crippen molar-refractivity contribution >= 4 is 11.3 Å². The minimum absolute atomic E-state index is 0.222. The van der Waals surface area contributed by atoms with Crippen molar-refractivity contribution in [2.45, 2.75) is 38.3 Å². The van der Waals surface area contributed by atoms with Crippen LogP contribution in [0.3, 0.4) is 0 Å². The zero-order chi connectivity index (χ0) is 11.0. The predicted molar refractivity (Wildman–Crippen MR) is 64.8 cm³/mol. The highest BCUT2D eigenvalue weighted by Crippen LogP contribution is 2.31. The van der Waals surface area contributed by atoms with Gasteiger partial charge in [0.05, 0.1) is 12.3 Å². The fourth-order valence-corrected chi connectivity index (χ4v) is 3.54. The molecule has 3 heterocycles. The Morgan fingerprint density at radius 1 is 1.62 bits per heavy atom. The molecule has 2 unspecified atom stereocenters. The molecule has 1 aromatic heterocycles. The largest absolute Gasteiger partial charge is 0.368 e. The van der Waals surface area contributed by atoms with Gasteiger partial charge in [-0.3, -0.25) is 4.90 Å². The van der Waals surface area contributed by atoms with Crippen LogP contribution in [0.4, 0.5) is 0 Å². The molecule has 2 aliphatic rings. The van der Waals surface area contributed by atoms with Crippen molar-refractivity contribution in [3.05, 3.63) is 16.1 Å². The molecule has 0 radical (unpaired) electrons. The van der Waals surface area contributed by atoms with Gasteiger partial charge in [0.1, 0.15) is 11.1 Å². The summed E-state index contributed by atoms with van der Waals surface area (Å²) in [6.45, 7) is 5.33. The normalized spacial score (nSPS) is 30.6. The summed E-state index contributed by atoms with van der Waals surface area (Å²) in [6.07, 6.45) is 3.89. The average molecular weight is 238 g/mol. The van der Waals surface area contributed by atoms with Crippen LogP contribution in [0.15, 0.2) is 5.38 Å². The third kappa shape index (κ3) is 1.90. The number of morpholine rings is 1. The van der Waals surface area contributed by atoms with E-state index in [0.29, 0.717) is 6.04 Å². The first kappa shape index (κ1) is 10.7. The SMILES string of the molecule is CCc1csc(C2CN3CCCC3CO2)n1. The third-order valence-electron chi connectivity index (χ3n) is 3.60. The van der Waals surface area contributed by atoms with E-state index in [4.69, 9.17) is 4.74 Å². The van der Waals surface area contributed by atoms with E-state index in [0.717, 1.165) is 19.6 Å². The molecule has 4 heteroatoms. The van der Waals surface area contributed by atoms with Crippen LogP contribution in [-0.2, 0) is 11.2 Å². The van der Waals surface area contributed by atoms with Crippen LogP contribution in [0.25, 0.3) is 0 Å². The minimum Gasteiger partial charge on any atom is -0.368 e. The first-order valence-electron chi connectivity index (χ1n) is 6.16. The van der Waals surface area contributed by atoms with Crippen molar-refractivity contribution in [3.8, 4) is 0 Å². The molecule has 3 nitrogen and oxygen atoms in total. The Hall–Kier alpha value is -0.450. The predicted octanol–water partition coefficient (Wildman–Crippen LogP) is 2.24. The standard InChI is InChI=1S/C12H18N2OS/c1-2-9-8-16-12(13-9)11-6-14-5-3-4-10(14)7-15-11/h8,10-11H,2-7H2,1H3. The van der Waals surface area contributed by atoms with Gasteiger partial charge in [-0.25, -0.2) is 4.98 Å². The summed E-state index contributed by atoms with van der Waals surface area (Å²) in [5.41, 5.74) is 1.20. The Labute approximate surface area is 100 Å². The molecule has 3 rings (SSSR count). The van der Waals surface area contributed by atoms with Crippen LogP contribution in [0, 0.1) is 0 Å². The van der Waals surface area contributed by atoms with Gasteiger partial charge in [0.2, 0.25) is 0 Å². The highest BCUT2D eigenvalue weighted by molar-refractivity contribution is 7.09. The molecule has 0 saturated carbocycles. The molecule has 0 N–H and O–H groups in total. The van der Waals surface area contributed by atoms with Gasteiger partial charge in [-0.2, -0.15) is 0 Å². The molecule has 0 bridgehead atoms. The van der Waals surface area contributed by atoms with E-state index in [2.05, 4.69) is 22.2 Å². The number of thiazole rings is 1. The van der Waals surface area contributed by atoms with E-state index < -0.39 is 0 Å². The van der Waals surface area contributed by atoms with E-state index in [-0.39, 0.29) is 6.10 Å². The van der Waals surface area contributed by atoms with Crippen LogP contribution in [0.1, 0.15) is 36.6 Å². The number of aryl methyl sites for hydroxylation is 1. The zero-order valence-electron chi connectivity index (χ0n) is 9.69. The topological polar surface area (TPSA) is 25.4 Å². The van der Waals surface area contributed by atoms with Crippen LogP contribution >= 0.6 is 11.3 Å². The highest BCUT2D eigenvalue weighted by atomic mass is 32.1. The lowest BCUT2D eigenvalue weighted by molar-refractivity contribution is -0.0502. The third-order valence-corrected chi connectivity index (χ3v) is 4.58. The molecule has 0 aliphatic carbocycles. The molecule has 0 spiro atoms. The molecule has 2 atom stereocenters. The Morgan fingerprint density at radius 3 is 3.38 bits per heavy atom. The zero-order valence-corrected chi connectivity index (χ0v) is 10.5. The average Bonchev–Trinajstić information content (AvgIpc) is 2.96. The molecule has 2 fully saturated rings. The monoisotopic (exact) mass is 238 g/mol. The minimum atomic E-state index is 0.222. The van der Waals surface area contributed by atoms with Crippen LogP contribution < -0.4 is 0 Å². The van der Waals surface area contributed by atoms with Crippen molar-refractivity contribution in [2.75, 3.05) is 19.7 Å². The van der Waals surface area contributed by atoms with Gasteiger partial charge < -0.3 is 4.74 Å². The van der Waals surface area contributed by atoms with Crippen molar-refractivity contribution in [1.29, 1.82) is 0 Å². The fraction of sp³-hybridized carbons (Fsp3) is 0.750. The van der Waals surface area contributed by atoms with E-state index in [1.54, 1.807) is 11.3 Å². The summed E-state index contributed by atoms with van der Waals surface area (Å²) >= 11 is 1.75. The summed E-state index contributed by atoms with van der Waals surface area (Å²) in [7, 11) is 0. The molecule has 0 amide bonds. The molecular formula is C12H18N2OS. The second kappa shape index (κ2) is 4.43. The summed E-state index contributed by atoms with van der Waals surface area (Å²) in [5, 5.41) is 3.33. The molecule has 16 heavy (non-hydrogen) atoms. The number of nitrogens with zero attached hydrogens (tertiary/aromatic N) is 2. The van der Waals surface area contributed by atoms with Crippen molar-refractivity contribution in [3.63, 3.8) is 0 Å². The van der Waals surface area contributed by atoms with Crippen molar-refractivity contribution in [1.82, 2.24) is 9.88 Å². The van der Waals surface area contributed by atoms with E-state index in [9.17, 15) is 0 Å². The van der Waals surface area contributed by atoms with Crippen molar-refractivity contribution in [2.24, 2.45) is 0 Å². The van der Waals surface area contributed by atoms with Gasteiger partial charge in [-0.05, 0) is 25.8 Å². The van der Waals surface area contributed by atoms with Gasteiger partial charge in [0.15, 0.2) is 0 Å². The molecule has 2 saturated heterocycles. The van der Waals surface area contributed by atoms with Gasteiger partial charge >= 0.3 is 0 Å². The Balaban J connectivity index is 1.71.